The second-order valence-corrected chi connectivity index (χ2v) is 7.02. The largest absolute Gasteiger partial charge is 0.365 e. The third-order valence-electron chi connectivity index (χ3n) is 4.88. The van der Waals surface area contributed by atoms with Crippen LogP contribution in [0.1, 0.15) is 41.7 Å². The maximum atomic E-state index is 12.9. The molecule has 1 aromatic carbocycles. The van der Waals surface area contributed by atoms with Gasteiger partial charge in [0, 0.05) is 12.7 Å². The summed E-state index contributed by atoms with van der Waals surface area (Å²) in [4.78, 5) is 52.2. The molecule has 0 unspecified atom stereocenters. The van der Waals surface area contributed by atoms with Gasteiger partial charge in [0.15, 0.2) is 0 Å². The molecule has 1 saturated heterocycles. The maximum Gasteiger partial charge on any atom is 0.313 e. The highest BCUT2D eigenvalue weighted by Gasteiger charge is 2.34. The fourth-order valence-electron chi connectivity index (χ4n) is 3.45. The Kier molecular flexibility index (Phi) is 5.58. The molecule has 1 aliphatic heterocycles. The number of aromatic amines is 1. The van der Waals surface area contributed by atoms with E-state index in [1.807, 2.05) is 37.3 Å². The number of hydrogen-bond acceptors (Lipinski definition) is 4. The molecular weight excluding hydrogens is 360 g/mol. The van der Waals surface area contributed by atoms with Gasteiger partial charge in [-0.2, -0.15) is 0 Å². The predicted octanol–water partition coefficient (Wildman–Crippen LogP) is 1.41. The zero-order valence-electron chi connectivity index (χ0n) is 15.5. The van der Waals surface area contributed by atoms with E-state index >= 15 is 0 Å². The summed E-state index contributed by atoms with van der Waals surface area (Å²) >= 11 is 0. The molecule has 4 N–H and O–H groups in total. The van der Waals surface area contributed by atoms with Gasteiger partial charge in [0.05, 0.1) is 11.7 Å². The van der Waals surface area contributed by atoms with Gasteiger partial charge < -0.3 is 20.9 Å². The van der Waals surface area contributed by atoms with E-state index in [9.17, 15) is 19.2 Å². The van der Waals surface area contributed by atoms with Gasteiger partial charge in [-0.15, -0.1) is 0 Å². The van der Waals surface area contributed by atoms with Gasteiger partial charge in [0.2, 0.25) is 0 Å². The fourth-order valence-corrected chi connectivity index (χ4v) is 3.45. The number of likely N-dealkylation sites (tertiary alicyclic amines) is 1. The van der Waals surface area contributed by atoms with E-state index in [1.165, 1.54) is 6.20 Å². The smallest absolute Gasteiger partial charge is 0.313 e. The minimum absolute atomic E-state index is 0.119. The number of nitrogens with one attached hydrogen (secondary N) is 2. The molecule has 0 radical (unpaired) electrons. The number of carbonyl (C=O) groups is 3. The average Bonchev–Trinajstić information content (AvgIpc) is 2.69. The van der Waals surface area contributed by atoms with Crippen LogP contribution in [0.15, 0.2) is 47.4 Å². The van der Waals surface area contributed by atoms with Gasteiger partial charge in [0.1, 0.15) is 5.56 Å². The molecule has 146 valence electrons. The molecule has 1 aliphatic rings. The van der Waals surface area contributed by atoms with Crippen molar-refractivity contribution in [3.63, 3.8) is 0 Å². The topological polar surface area (TPSA) is 125 Å². The number of nitrogens with zero attached hydrogens (tertiary/aromatic N) is 1. The van der Waals surface area contributed by atoms with E-state index in [0.717, 1.165) is 24.5 Å². The van der Waals surface area contributed by atoms with Gasteiger partial charge in [-0.1, -0.05) is 37.3 Å². The van der Waals surface area contributed by atoms with Crippen molar-refractivity contribution in [3.05, 3.63) is 64.1 Å². The van der Waals surface area contributed by atoms with E-state index in [1.54, 1.807) is 4.90 Å². The van der Waals surface area contributed by atoms with Crippen LogP contribution in [0.5, 0.6) is 0 Å². The Morgan fingerprint density at radius 3 is 2.57 bits per heavy atom. The zero-order valence-corrected chi connectivity index (χ0v) is 15.5. The molecule has 1 aromatic heterocycles. The lowest BCUT2D eigenvalue weighted by Gasteiger charge is -2.38. The van der Waals surface area contributed by atoms with Gasteiger partial charge in [-0.25, -0.2) is 0 Å². The Bertz CT molecular complexity index is 954. The molecule has 2 atom stereocenters. The number of primary amides is 1. The molecule has 8 nitrogen and oxygen atoms in total. The molecule has 0 bridgehead atoms. The van der Waals surface area contributed by atoms with E-state index in [-0.39, 0.29) is 23.2 Å². The van der Waals surface area contributed by atoms with Crippen LogP contribution in [-0.2, 0) is 9.59 Å². The molecule has 3 amide bonds. The first-order valence-corrected chi connectivity index (χ1v) is 9.06. The van der Waals surface area contributed by atoms with Crippen LogP contribution in [0, 0.1) is 5.92 Å². The number of piperidine rings is 1. The van der Waals surface area contributed by atoms with Gasteiger partial charge >= 0.3 is 11.8 Å². The highest BCUT2D eigenvalue weighted by Crippen LogP contribution is 2.33. The lowest BCUT2D eigenvalue weighted by molar-refractivity contribution is -0.146. The SMILES string of the molecule is C[C@@H]1CC[C@@H](c2ccccc2)N(C(=O)C(=O)Nc2c[nH]c(=O)c(C(N)=O)c2)C1. The van der Waals surface area contributed by atoms with Gasteiger partial charge in [0.25, 0.3) is 11.5 Å². The fraction of sp³-hybridized carbons (Fsp3) is 0.300. The van der Waals surface area contributed by atoms with Crippen LogP contribution in [0.3, 0.4) is 0 Å². The Morgan fingerprint density at radius 2 is 1.89 bits per heavy atom. The maximum absolute atomic E-state index is 12.9. The summed E-state index contributed by atoms with van der Waals surface area (Å²) < 4.78 is 0. The molecule has 1 fully saturated rings. The van der Waals surface area contributed by atoms with E-state index in [4.69, 9.17) is 5.73 Å². The summed E-state index contributed by atoms with van der Waals surface area (Å²) in [7, 11) is 0. The van der Waals surface area contributed by atoms with Crippen molar-refractivity contribution < 1.29 is 14.4 Å². The van der Waals surface area contributed by atoms with Crippen LogP contribution in [0.25, 0.3) is 0 Å². The number of rotatable bonds is 3. The first-order chi connectivity index (χ1) is 13.4. The molecule has 3 rings (SSSR count). The van der Waals surface area contributed by atoms with Crippen molar-refractivity contribution >= 4 is 23.4 Å². The second kappa shape index (κ2) is 8.08. The van der Waals surface area contributed by atoms with E-state index in [2.05, 4.69) is 10.3 Å². The van der Waals surface area contributed by atoms with Crippen molar-refractivity contribution in [2.45, 2.75) is 25.8 Å². The minimum atomic E-state index is -0.919. The number of benzene rings is 1. The normalized spacial score (nSPS) is 19.1. The van der Waals surface area contributed by atoms with E-state index < -0.39 is 23.3 Å². The number of amides is 3. The highest BCUT2D eigenvalue weighted by atomic mass is 16.2. The Hall–Kier alpha value is -3.42. The summed E-state index contributed by atoms with van der Waals surface area (Å²) in [6.07, 6.45) is 2.95. The monoisotopic (exact) mass is 382 g/mol. The summed E-state index contributed by atoms with van der Waals surface area (Å²) in [5.74, 6) is -2.13. The van der Waals surface area contributed by atoms with Crippen LogP contribution < -0.4 is 16.6 Å². The Balaban J connectivity index is 1.81. The van der Waals surface area contributed by atoms with Crippen molar-refractivity contribution in [1.29, 1.82) is 0 Å². The average molecular weight is 382 g/mol. The first-order valence-electron chi connectivity index (χ1n) is 9.06. The number of anilines is 1. The molecule has 8 heteroatoms. The lowest BCUT2D eigenvalue weighted by atomic mass is 9.90. The van der Waals surface area contributed by atoms with E-state index in [0.29, 0.717) is 6.54 Å². The zero-order chi connectivity index (χ0) is 20.3. The van der Waals surface area contributed by atoms with Crippen LogP contribution in [-0.4, -0.2) is 34.2 Å². The highest BCUT2D eigenvalue weighted by molar-refractivity contribution is 6.39. The van der Waals surface area contributed by atoms with Crippen molar-refractivity contribution in [2.75, 3.05) is 11.9 Å². The number of aromatic nitrogens is 1. The van der Waals surface area contributed by atoms with Crippen LogP contribution >= 0.6 is 0 Å². The summed E-state index contributed by atoms with van der Waals surface area (Å²) in [5, 5.41) is 2.44. The third-order valence-corrected chi connectivity index (χ3v) is 4.88. The molecule has 0 spiro atoms. The number of hydrogen-bond donors (Lipinski definition) is 3. The summed E-state index contributed by atoms with van der Waals surface area (Å²) in [6.45, 7) is 2.52. The van der Waals surface area contributed by atoms with Gasteiger partial charge in [-0.3, -0.25) is 19.2 Å². The van der Waals surface area contributed by atoms with Crippen LogP contribution in [0.4, 0.5) is 5.69 Å². The van der Waals surface area contributed by atoms with Gasteiger partial charge in [-0.05, 0) is 30.4 Å². The number of pyridine rings is 1. The summed E-state index contributed by atoms with van der Waals surface area (Å²) in [5.41, 5.74) is 5.29. The van der Waals surface area contributed by atoms with Crippen LogP contribution in [0.2, 0.25) is 0 Å². The lowest BCUT2D eigenvalue weighted by Crippen LogP contribution is -2.46. The molecule has 2 heterocycles. The molecule has 2 aromatic rings. The third kappa shape index (κ3) is 4.11. The Morgan fingerprint density at radius 1 is 1.18 bits per heavy atom. The standard InChI is InChI=1S/C20H22N4O4/c1-12-7-8-16(13-5-3-2-4-6-13)24(11-12)20(28)19(27)23-14-9-15(17(21)25)18(26)22-10-14/h2-6,9-10,12,16H,7-8,11H2,1H3,(H2,21,25)(H,22,26)(H,23,27)/t12-,16+/m1/s1. The number of H-pyrrole nitrogens is 1. The first kappa shape index (κ1) is 19.3. The Labute approximate surface area is 161 Å². The van der Waals surface area contributed by atoms with Crippen molar-refractivity contribution in [3.8, 4) is 0 Å². The summed E-state index contributed by atoms with van der Waals surface area (Å²) in [6, 6.07) is 10.6. The van der Waals surface area contributed by atoms with Crippen molar-refractivity contribution in [2.24, 2.45) is 11.7 Å². The molecule has 0 saturated carbocycles. The molecular formula is C20H22N4O4. The quantitative estimate of drug-likeness (QED) is 0.694. The number of nitrogens with two attached hydrogens (primary N) is 1. The van der Waals surface area contributed by atoms with Crippen molar-refractivity contribution in [1.82, 2.24) is 9.88 Å². The molecule has 0 aliphatic carbocycles. The second-order valence-electron chi connectivity index (χ2n) is 7.02. The minimum Gasteiger partial charge on any atom is -0.365 e. The molecule has 28 heavy (non-hydrogen) atoms. The number of carbonyl (C=O) groups excluding carboxylic acids is 3. The predicted molar refractivity (Wildman–Crippen MR) is 104 cm³/mol.